The van der Waals surface area contributed by atoms with Crippen LogP contribution >= 0.6 is 0 Å². The van der Waals surface area contributed by atoms with Crippen LogP contribution in [0.3, 0.4) is 0 Å². The zero-order chi connectivity index (χ0) is 16.0. The number of aliphatic hydroxyl groups excluding tert-OH is 3. The van der Waals surface area contributed by atoms with Gasteiger partial charge in [-0.25, -0.2) is 4.79 Å². The largest absolute Gasteiger partial charge is 0.465 e. The van der Waals surface area contributed by atoms with Crippen molar-refractivity contribution in [3.05, 3.63) is 33.9 Å². The number of nitro benzene ring substituents is 1. The molecule has 0 saturated carbocycles. The van der Waals surface area contributed by atoms with Gasteiger partial charge in [-0.2, -0.15) is 0 Å². The van der Waals surface area contributed by atoms with Crippen LogP contribution in [0.2, 0.25) is 0 Å². The highest BCUT2D eigenvalue weighted by atomic mass is 16.6. The molecule has 0 heterocycles. The molecule has 0 bridgehead atoms. The van der Waals surface area contributed by atoms with Crippen LogP contribution in [0.15, 0.2) is 18.2 Å². The first-order chi connectivity index (χ1) is 9.92. The fourth-order valence-electron chi connectivity index (χ4n) is 1.59. The standard InChI is InChI=1S/C12H16N2O7/c1-21-11(18)8-2-3-10(14(19)20)9(4-8)13-12(5-15,6-16)7-17/h2-4,13,15-17H,5-7H2,1H3. The van der Waals surface area contributed by atoms with Gasteiger partial charge in [0.25, 0.3) is 5.69 Å². The summed E-state index contributed by atoms with van der Waals surface area (Å²) >= 11 is 0. The lowest BCUT2D eigenvalue weighted by Crippen LogP contribution is -2.49. The van der Waals surface area contributed by atoms with Gasteiger partial charge in [0.1, 0.15) is 11.2 Å². The first-order valence-electron chi connectivity index (χ1n) is 5.90. The maximum absolute atomic E-state index is 11.5. The van der Waals surface area contributed by atoms with Gasteiger partial charge in [-0.05, 0) is 12.1 Å². The number of benzene rings is 1. The van der Waals surface area contributed by atoms with E-state index in [0.29, 0.717) is 0 Å². The predicted octanol–water partition coefficient (Wildman–Crippen LogP) is -0.491. The Bertz CT molecular complexity index is 520. The monoisotopic (exact) mass is 300 g/mol. The van der Waals surface area contributed by atoms with Crippen LogP contribution in [0.5, 0.6) is 0 Å². The Morgan fingerprint density at radius 3 is 2.33 bits per heavy atom. The molecule has 0 spiro atoms. The molecule has 116 valence electrons. The van der Waals surface area contributed by atoms with Crippen LogP contribution in [-0.4, -0.2) is 58.7 Å². The number of methoxy groups -OCH3 is 1. The Morgan fingerprint density at radius 1 is 1.33 bits per heavy atom. The van der Waals surface area contributed by atoms with E-state index in [9.17, 15) is 30.2 Å². The van der Waals surface area contributed by atoms with Gasteiger partial charge in [-0.1, -0.05) is 0 Å². The molecule has 1 aromatic carbocycles. The van der Waals surface area contributed by atoms with Gasteiger partial charge in [-0.3, -0.25) is 10.1 Å². The van der Waals surface area contributed by atoms with Crippen molar-refractivity contribution < 1.29 is 29.8 Å². The lowest BCUT2D eigenvalue weighted by atomic mass is 10.0. The van der Waals surface area contributed by atoms with E-state index in [1.165, 1.54) is 6.07 Å². The molecule has 9 heteroatoms. The van der Waals surface area contributed by atoms with Crippen molar-refractivity contribution >= 4 is 17.3 Å². The number of nitrogens with one attached hydrogen (secondary N) is 1. The normalized spacial score (nSPS) is 11.0. The summed E-state index contributed by atoms with van der Waals surface area (Å²) in [5, 5.41) is 41.2. The smallest absolute Gasteiger partial charge is 0.337 e. The third-order valence-corrected chi connectivity index (χ3v) is 2.92. The SMILES string of the molecule is COC(=O)c1ccc([N+](=O)[O-])c(NC(CO)(CO)CO)c1. The van der Waals surface area contributed by atoms with E-state index in [1.807, 2.05) is 0 Å². The van der Waals surface area contributed by atoms with E-state index in [4.69, 9.17) is 0 Å². The van der Waals surface area contributed by atoms with Crippen LogP contribution in [0.25, 0.3) is 0 Å². The molecule has 4 N–H and O–H groups in total. The Balaban J connectivity index is 3.29. The number of nitro groups is 1. The lowest BCUT2D eigenvalue weighted by molar-refractivity contribution is -0.384. The molecule has 0 saturated heterocycles. The number of carbonyl (C=O) groups excluding carboxylic acids is 1. The van der Waals surface area contributed by atoms with E-state index >= 15 is 0 Å². The van der Waals surface area contributed by atoms with Crippen molar-refractivity contribution in [2.45, 2.75) is 5.54 Å². The molecular weight excluding hydrogens is 284 g/mol. The second-order valence-corrected chi connectivity index (χ2v) is 4.36. The number of hydrogen-bond acceptors (Lipinski definition) is 8. The highest BCUT2D eigenvalue weighted by Gasteiger charge is 2.31. The van der Waals surface area contributed by atoms with E-state index in [2.05, 4.69) is 10.1 Å². The van der Waals surface area contributed by atoms with Gasteiger partial charge >= 0.3 is 5.97 Å². The highest BCUT2D eigenvalue weighted by molar-refractivity contribution is 5.91. The Labute approximate surface area is 119 Å². The van der Waals surface area contributed by atoms with Gasteiger partial charge in [0, 0.05) is 6.07 Å². The Hall–Kier alpha value is -2.23. The third kappa shape index (κ3) is 3.66. The average molecular weight is 300 g/mol. The summed E-state index contributed by atoms with van der Waals surface area (Å²) in [7, 11) is 1.16. The summed E-state index contributed by atoms with van der Waals surface area (Å²) in [5.74, 6) is -0.699. The number of aliphatic hydroxyl groups is 3. The molecule has 0 fully saturated rings. The van der Waals surface area contributed by atoms with Crippen molar-refractivity contribution in [2.75, 3.05) is 32.2 Å². The maximum atomic E-state index is 11.5. The molecular formula is C12H16N2O7. The number of rotatable bonds is 7. The fraction of sp³-hybridized carbons (Fsp3) is 0.417. The van der Waals surface area contributed by atoms with Crippen molar-refractivity contribution in [1.29, 1.82) is 0 Å². The Morgan fingerprint density at radius 2 is 1.90 bits per heavy atom. The topological polar surface area (TPSA) is 142 Å². The molecule has 9 nitrogen and oxygen atoms in total. The van der Waals surface area contributed by atoms with Crippen molar-refractivity contribution in [3.63, 3.8) is 0 Å². The molecule has 0 aromatic heterocycles. The lowest BCUT2D eigenvalue weighted by Gasteiger charge is -2.29. The van der Waals surface area contributed by atoms with E-state index in [0.717, 1.165) is 19.2 Å². The summed E-state index contributed by atoms with van der Waals surface area (Å²) in [6.07, 6.45) is 0. The van der Waals surface area contributed by atoms with E-state index < -0.39 is 36.3 Å². The number of carbonyl (C=O) groups is 1. The summed E-state index contributed by atoms with van der Waals surface area (Å²) in [5.41, 5.74) is -2.00. The van der Waals surface area contributed by atoms with Crippen LogP contribution in [-0.2, 0) is 4.74 Å². The molecule has 0 radical (unpaired) electrons. The third-order valence-electron chi connectivity index (χ3n) is 2.92. The van der Waals surface area contributed by atoms with E-state index in [-0.39, 0.29) is 16.9 Å². The molecule has 0 unspecified atom stereocenters. The molecule has 0 aliphatic carbocycles. The number of hydrogen-bond donors (Lipinski definition) is 4. The number of anilines is 1. The summed E-state index contributed by atoms with van der Waals surface area (Å²) in [6.45, 7) is -2.00. The maximum Gasteiger partial charge on any atom is 0.337 e. The predicted molar refractivity (Wildman–Crippen MR) is 72.0 cm³/mol. The molecule has 21 heavy (non-hydrogen) atoms. The number of ether oxygens (including phenoxy) is 1. The van der Waals surface area contributed by atoms with E-state index in [1.54, 1.807) is 0 Å². The van der Waals surface area contributed by atoms with Crippen LogP contribution in [0, 0.1) is 10.1 Å². The average Bonchev–Trinajstić information content (AvgIpc) is 2.51. The van der Waals surface area contributed by atoms with Crippen molar-refractivity contribution in [2.24, 2.45) is 0 Å². The van der Waals surface area contributed by atoms with Crippen LogP contribution in [0.4, 0.5) is 11.4 Å². The molecule has 0 amide bonds. The second kappa shape index (κ2) is 6.97. The van der Waals surface area contributed by atoms with Crippen molar-refractivity contribution in [1.82, 2.24) is 0 Å². The van der Waals surface area contributed by atoms with Crippen LogP contribution in [0.1, 0.15) is 10.4 Å². The molecule has 1 rings (SSSR count). The first-order valence-corrected chi connectivity index (χ1v) is 5.90. The van der Waals surface area contributed by atoms with Gasteiger partial charge in [0.05, 0.1) is 37.4 Å². The quantitative estimate of drug-likeness (QED) is 0.300. The van der Waals surface area contributed by atoms with Crippen LogP contribution < -0.4 is 5.32 Å². The molecule has 1 aromatic rings. The summed E-state index contributed by atoms with van der Waals surface area (Å²) < 4.78 is 4.52. The van der Waals surface area contributed by atoms with Crippen molar-refractivity contribution in [3.8, 4) is 0 Å². The first kappa shape index (κ1) is 16.8. The van der Waals surface area contributed by atoms with Gasteiger partial charge in [-0.15, -0.1) is 0 Å². The molecule has 0 atom stereocenters. The summed E-state index contributed by atoms with van der Waals surface area (Å²) in [6, 6.07) is 3.46. The highest BCUT2D eigenvalue weighted by Crippen LogP contribution is 2.28. The zero-order valence-electron chi connectivity index (χ0n) is 11.3. The molecule has 0 aliphatic rings. The Kier molecular flexibility index (Phi) is 5.59. The fourth-order valence-corrected chi connectivity index (χ4v) is 1.59. The minimum atomic E-state index is -1.56. The second-order valence-electron chi connectivity index (χ2n) is 4.36. The minimum absolute atomic E-state index is 0.0494. The zero-order valence-corrected chi connectivity index (χ0v) is 11.3. The number of esters is 1. The van der Waals surface area contributed by atoms with Gasteiger partial charge < -0.3 is 25.4 Å². The van der Waals surface area contributed by atoms with Gasteiger partial charge in [0.2, 0.25) is 0 Å². The number of nitrogens with zero attached hydrogens (tertiary/aromatic N) is 1. The molecule has 0 aliphatic heterocycles. The minimum Gasteiger partial charge on any atom is -0.465 e. The van der Waals surface area contributed by atoms with Gasteiger partial charge in [0.15, 0.2) is 0 Å². The summed E-state index contributed by atoms with van der Waals surface area (Å²) in [4.78, 5) is 21.7.